The lowest BCUT2D eigenvalue weighted by Crippen LogP contribution is -2.30. The van der Waals surface area contributed by atoms with Gasteiger partial charge in [0.15, 0.2) is 0 Å². The van der Waals surface area contributed by atoms with E-state index in [9.17, 15) is 18.0 Å². The Hall–Kier alpha value is -1.24. The number of halogens is 4. The molecule has 0 spiro atoms. The quantitative estimate of drug-likeness (QED) is 0.772. The van der Waals surface area contributed by atoms with E-state index in [1.165, 1.54) is 31.2 Å². The molecule has 7 heteroatoms. The summed E-state index contributed by atoms with van der Waals surface area (Å²) in [7, 11) is 2.76. The van der Waals surface area contributed by atoms with Gasteiger partial charge < -0.3 is 9.64 Å². The maximum atomic E-state index is 13.0. The highest BCUT2D eigenvalue weighted by atomic mass is 79.9. The van der Waals surface area contributed by atoms with Crippen molar-refractivity contribution in [3.05, 3.63) is 28.2 Å². The summed E-state index contributed by atoms with van der Waals surface area (Å²) in [4.78, 5) is 12.7. The van der Waals surface area contributed by atoms with Crippen LogP contribution in [0.2, 0.25) is 0 Å². The fourth-order valence-electron chi connectivity index (χ4n) is 1.85. The second kappa shape index (κ2) is 6.47. The molecule has 0 N–H and O–H groups in total. The third kappa shape index (κ3) is 4.13. The Morgan fingerprint density at radius 1 is 1.45 bits per heavy atom. The SMILES string of the molecule is COC(=O)C(C)CN(C)c1ccc(Br)cc1C(F)(F)F. The summed E-state index contributed by atoms with van der Waals surface area (Å²) in [6.45, 7) is 1.74. The molecule has 3 nitrogen and oxygen atoms in total. The standard InChI is InChI=1S/C13H15BrF3NO2/c1-8(12(19)20-3)7-18(2)11-5-4-9(14)6-10(11)13(15,16)17/h4-6,8H,7H2,1-3H3. The molecule has 1 rings (SSSR count). The molecule has 1 atom stereocenters. The zero-order chi connectivity index (χ0) is 15.5. The van der Waals surface area contributed by atoms with E-state index in [-0.39, 0.29) is 12.2 Å². The molecule has 20 heavy (non-hydrogen) atoms. The number of carbonyl (C=O) groups is 1. The Morgan fingerprint density at radius 2 is 2.05 bits per heavy atom. The third-order valence-corrected chi connectivity index (χ3v) is 3.32. The van der Waals surface area contributed by atoms with Gasteiger partial charge >= 0.3 is 12.1 Å². The van der Waals surface area contributed by atoms with Crippen LogP contribution in [0.5, 0.6) is 0 Å². The highest BCUT2D eigenvalue weighted by molar-refractivity contribution is 9.10. The summed E-state index contributed by atoms with van der Waals surface area (Å²) in [5.74, 6) is -0.975. The minimum Gasteiger partial charge on any atom is -0.469 e. The first-order valence-electron chi connectivity index (χ1n) is 5.82. The van der Waals surface area contributed by atoms with E-state index in [4.69, 9.17) is 0 Å². The lowest BCUT2D eigenvalue weighted by Gasteiger charge is -2.25. The molecular formula is C13H15BrF3NO2. The van der Waals surface area contributed by atoms with E-state index >= 15 is 0 Å². The topological polar surface area (TPSA) is 29.5 Å². The molecule has 0 aromatic heterocycles. The number of alkyl halides is 3. The molecule has 0 heterocycles. The summed E-state index contributed by atoms with van der Waals surface area (Å²) < 4.78 is 44.0. The Labute approximate surface area is 123 Å². The van der Waals surface area contributed by atoms with Crippen LogP contribution in [0.25, 0.3) is 0 Å². The smallest absolute Gasteiger partial charge is 0.418 e. The van der Waals surface area contributed by atoms with Crippen molar-refractivity contribution in [1.82, 2.24) is 0 Å². The molecule has 0 radical (unpaired) electrons. The number of ether oxygens (including phenoxy) is 1. The van der Waals surface area contributed by atoms with E-state index in [1.54, 1.807) is 6.92 Å². The second-order valence-corrected chi connectivity index (χ2v) is 5.38. The van der Waals surface area contributed by atoms with Crippen LogP contribution < -0.4 is 4.90 Å². The number of hydrogen-bond donors (Lipinski definition) is 0. The predicted molar refractivity (Wildman–Crippen MR) is 73.6 cm³/mol. The van der Waals surface area contributed by atoms with E-state index < -0.39 is 23.6 Å². The van der Waals surface area contributed by atoms with Crippen LogP contribution in [0.1, 0.15) is 12.5 Å². The number of benzene rings is 1. The largest absolute Gasteiger partial charge is 0.469 e. The summed E-state index contributed by atoms with van der Waals surface area (Å²) in [5.41, 5.74) is -0.720. The predicted octanol–water partition coefficient (Wildman–Crippen LogP) is 3.71. The Kier molecular flexibility index (Phi) is 5.44. The van der Waals surface area contributed by atoms with Gasteiger partial charge in [0.25, 0.3) is 0 Å². The van der Waals surface area contributed by atoms with Crippen molar-refractivity contribution < 1.29 is 22.7 Å². The van der Waals surface area contributed by atoms with Crippen LogP contribution in [-0.2, 0) is 15.7 Å². The van der Waals surface area contributed by atoms with Crippen molar-refractivity contribution in [3.63, 3.8) is 0 Å². The highest BCUT2D eigenvalue weighted by Crippen LogP contribution is 2.38. The van der Waals surface area contributed by atoms with Crippen LogP contribution in [0.3, 0.4) is 0 Å². The minimum atomic E-state index is -4.46. The number of methoxy groups -OCH3 is 1. The minimum absolute atomic E-state index is 0.0245. The molecule has 1 aromatic carbocycles. The zero-order valence-electron chi connectivity index (χ0n) is 11.3. The van der Waals surface area contributed by atoms with Crippen molar-refractivity contribution in [3.8, 4) is 0 Å². The molecule has 0 amide bonds. The van der Waals surface area contributed by atoms with Crippen molar-refractivity contribution in [2.75, 3.05) is 25.6 Å². The summed E-state index contributed by atoms with van der Waals surface area (Å²) >= 11 is 3.03. The van der Waals surface area contributed by atoms with Gasteiger partial charge in [-0.05, 0) is 18.2 Å². The summed E-state index contributed by atoms with van der Waals surface area (Å²) in [5, 5.41) is 0. The van der Waals surface area contributed by atoms with Gasteiger partial charge in [0.1, 0.15) is 0 Å². The normalized spacial score (nSPS) is 12.9. The maximum Gasteiger partial charge on any atom is 0.418 e. The zero-order valence-corrected chi connectivity index (χ0v) is 12.9. The Morgan fingerprint density at radius 3 is 2.55 bits per heavy atom. The lowest BCUT2D eigenvalue weighted by molar-refractivity contribution is -0.144. The van der Waals surface area contributed by atoms with Gasteiger partial charge in [-0.15, -0.1) is 0 Å². The molecule has 0 saturated carbocycles. The molecule has 0 saturated heterocycles. The van der Waals surface area contributed by atoms with Gasteiger partial charge in [-0.1, -0.05) is 22.9 Å². The molecule has 0 aliphatic carbocycles. The lowest BCUT2D eigenvalue weighted by atomic mass is 10.1. The van der Waals surface area contributed by atoms with E-state index in [2.05, 4.69) is 20.7 Å². The van der Waals surface area contributed by atoms with E-state index in [0.29, 0.717) is 4.47 Å². The summed E-state index contributed by atoms with van der Waals surface area (Å²) in [6, 6.07) is 3.93. The van der Waals surface area contributed by atoms with Crippen molar-refractivity contribution in [1.29, 1.82) is 0 Å². The molecule has 1 aromatic rings. The van der Waals surface area contributed by atoms with Gasteiger partial charge in [0.05, 0.1) is 18.6 Å². The van der Waals surface area contributed by atoms with E-state index in [0.717, 1.165) is 6.07 Å². The number of carbonyl (C=O) groups excluding carboxylic acids is 1. The second-order valence-electron chi connectivity index (χ2n) is 4.46. The van der Waals surface area contributed by atoms with Crippen molar-refractivity contribution >= 4 is 27.6 Å². The van der Waals surface area contributed by atoms with Crippen LogP contribution in [0, 0.1) is 5.92 Å². The number of anilines is 1. The van der Waals surface area contributed by atoms with Crippen LogP contribution in [0.4, 0.5) is 18.9 Å². The van der Waals surface area contributed by atoms with Crippen molar-refractivity contribution in [2.45, 2.75) is 13.1 Å². The summed E-state index contributed by atoms with van der Waals surface area (Å²) in [6.07, 6.45) is -4.46. The fraction of sp³-hybridized carbons (Fsp3) is 0.462. The number of rotatable bonds is 4. The molecule has 0 fully saturated rings. The van der Waals surface area contributed by atoms with Gasteiger partial charge in [-0.2, -0.15) is 13.2 Å². The first-order chi connectivity index (χ1) is 9.16. The van der Waals surface area contributed by atoms with Crippen molar-refractivity contribution in [2.24, 2.45) is 5.92 Å². The fourth-order valence-corrected chi connectivity index (χ4v) is 2.21. The third-order valence-electron chi connectivity index (χ3n) is 2.83. The average Bonchev–Trinajstić information content (AvgIpc) is 2.36. The molecule has 1 unspecified atom stereocenters. The maximum absolute atomic E-state index is 13.0. The molecule has 0 aliphatic heterocycles. The highest BCUT2D eigenvalue weighted by Gasteiger charge is 2.35. The van der Waals surface area contributed by atoms with Crippen LogP contribution in [0.15, 0.2) is 22.7 Å². The van der Waals surface area contributed by atoms with Gasteiger partial charge in [0, 0.05) is 23.8 Å². The Bertz CT molecular complexity index is 491. The average molecular weight is 354 g/mol. The first-order valence-corrected chi connectivity index (χ1v) is 6.61. The van der Waals surface area contributed by atoms with Gasteiger partial charge in [-0.25, -0.2) is 0 Å². The van der Waals surface area contributed by atoms with Crippen LogP contribution in [-0.4, -0.2) is 26.7 Å². The first kappa shape index (κ1) is 16.8. The number of esters is 1. The van der Waals surface area contributed by atoms with Crippen LogP contribution >= 0.6 is 15.9 Å². The monoisotopic (exact) mass is 353 g/mol. The van der Waals surface area contributed by atoms with Gasteiger partial charge in [0.2, 0.25) is 0 Å². The Balaban J connectivity index is 3.04. The molecule has 112 valence electrons. The molecule has 0 aliphatic rings. The van der Waals surface area contributed by atoms with Gasteiger partial charge in [-0.3, -0.25) is 4.79 Å². The number of nitrogens with zero attached hydrogens (tertiary/aromatic N) is 1. The van der Waals surface area contributed by atoms with E-state index in [1.807, 2.05) is 0 Å². The molecule has 0 bridgehead atoms. The molecular weight excluding hydrogens is 339 g/mol. The number of hydrogen-bond acceptors (Lipinski definition) is 3.